The highest BCUT2D eigenvalue weighted by Crippen LogP contribution is 2.13. The van der Waals surface area contributed by atoms with Crippen molar-refractivity contribution in [2.24, 2.45) is 0 Å². The Balaban J connectivity index is 2.32. The van der Waals surface area contributed by atoms with Gasteiger partial charge in [0.25, 0.3) is 0 Å². The molecule has 0 spiro atoms. The molecule has 0 aliphatic carbocycles. The molecule has 0 aromatic carbocycles. The van der Waals surface area contributed by atoms with Gasteiger partial charge in [0, 0.05) is 12.8 Å². The van der Waals surface area contributed by atoms with Crippen LogP contribution >= 0.6 is 0 Å². The minimum Gasteiger partial charge on any atom is -0.375 e. The minimum absolute atomic E-state index is 0.711. The van der Waals surface area contributed by atoms with Gasteiger partial charge in [0.15, 0.2) is 0 Å². The van der Waals surface area contributed by atoms with E-state index in [1.54, 1.807) is 0 Å². The van der Waals surface area contributed by atoms with Gasteiger partial charge >= 0.3 is 0 Å². The monoisotopic (exact) mass is 152 g/mol. The number of nitrogens with one attached hydrogen (secondary N) is 1. The first-order valence-corrected chi connectivity index (χ1v) is 4.04. The van der Waals surface area contributed by atoms with Crippen LogP contribution in [0.5, 0.6) is 0 Å². The van der Waals surface area contributed by atoms with Crippen LogP contribution in [0, 0.1) is 0 Å². The van der Waals surface area contributed by atoms with Crippen LogP contribution < -0.4 is 0 Å². The fraction of sp³-hybridized carbons (Fsp3) is 0.625. The molecule has 1 aromatic rings. The van der Waals surface area contributed by atoms with Gasteiger partial charge in [0.1, 0.15) is 5.82 Å². The molecule has 0 saturated heterocycles. The molecule has 0 fully saturated rings. The lowest BCUT2D eigenvalue weighted by Gasteiger charge is -2.09. The zero-order valence-corrected chi connectivity index (χ0v) is 6.68. The zero-order chi connectivity index (χ0) is 7.68. The smallest absolute Gasteiger partial charge is 0.106 e. The van der Waals surface area contributed by atoms with Gasteiger partial charge in [0.2, 0.25) is 0 Å². The second kappa shape index (κ2) is 2.66. The largest absolute Gasteiger partial charge is 0.375 e. The molecule has 0 bridgehead atoms. The van der Waals surface area contributed by atoms with Crippen LogP contribution in [0.2, 0.25) is 0 Å². The zero-order valence-electron chi connectivity index (χ0n) is 6.68. The quantitative estimate of drug-likeness (QED) is 0.653. The highest BCUT2D eigenvalue weighted by molar-refractivity contribution is 5.15. The highest BCUT2D eigenvalue weighted by atomic mass is 16.5. The molecular weight excluding hydrogens is 140 g/mol. The Kier molecular flexibility index (Phi) is 1.66. The fourth-order valence-corrected chi connectivity index (χ4v) is 1.34. The van der Waals surface area contributed by atoms with E-state index >= 15 is 0 Å². The molecule has 0 radical (unpaired) electrons. The second-order valence-corrected chi connectivity index (χ2v) is 2.76. The molecular formula is C8H12N2O. The van der Waals surface area contributed by atoms with Crippen molar-refractivity contribution in [2.45, 2.75) is 26.4 Å². The topological polar surface area (TPSA) is 37.9 Å². The van der Waals surface area contributed by atoms with Crippen LogP contribution in [0.4, 0.5) is 0 Å². The van der Waals surface area contributed by atoms with Crippen molar-refractivity contribution in [3.05, 3.63) is 17.2 Å². The van der Waals surface area contributed by atoms with E-state index in [1.165, 1.54) is 11.4 Å². The summed E-state index contributed by atoms with van der Waals surface area (Å²) < 4.78 is 5.28. The third kappa shape index (κ3) is 1.16. The van der Waals surface area contributed by atoms with Crippen molar-refractivity contribution < 1.29 is 4.74 Å². The number of hydrogen-bond donors (Lipinski definition) is 1. The first kappa shape index (κ1) is 6.85. The Morgan fingerprint density at radius 2 is 2.55 bits per heavy atom. The predicted molar refractivity (Wildman–Crippen MR) is 41.3 cm³/mol. The van der Waals surface area contributed by atoms with E-state index in [2.05, 4.69) is 16.9 Å². The molecule has 2 rings (SSSR count). The summed E-state index contributed by atoms with van der Waals surface area (Å²) in [5.74, 6) is 1.08. The first-order chi connectivity index (χ1) is 5.40. The van der Waals surface area contributed by atoms with E-state index in [1.807, 2.05) is 0 Å². The van der Waals surface area contributed by atoms with Crippen LogP contribution in [0.1, 0.15) is 24.1 Å². The standard InChI is InChI=1S/C8H12N2O/c1-2-8-9-6-3-4-11-5-7(6)10-8/h2-5H2,1H3,(H,9,10). The Bertz CT molecular complexity index is 231. The number of nitrogens with zero attached hydrogens (tertiary/aromatic N) is 1. The first-order valence-electron chi connectivity index (χ1n) is 4.04. The summed E-state index contributed by atoms with van der Waals surface area (Å²) in [5, 5.41) is 0. The van der Waals surface area contributed by atoms with Crippen molar-refractivity contribution in [3.8, 4) is 0 Å². The lowest BCUT2D eigenvalue weighted by Crippen LogP contribution is -2.08. The maximum absolute atomic E-state index is 5.28. The van der Waals surface area contributed by atoms with E-state index in [4.69, 9.17) is 4.74 Å². The summed E-state index contributed by atoms with van der Waals surface area (Å²) in [7, 11) is 0. The van der Waals surface area contributed by atoms with Crippen molar-refractivity contribution in [2.75, 3.05) is 6.61 Å². The molecule has 0 saturated carbocycles. The summed E-state index contributed by atoms with van der Waals surface area (Å²) in [6.45, 7) is 3.63. The predicted octanol–water partition coefficient (Wildman–Crippen LogP) is 1.04. The highest BCUT2D eigenvalue weighted by Gasteiger charge is 2.13. The fourth-order valence-electron chi connectivity index (χ4n) is 1.34. The van der Waals surface area contributed by atoms with Crippen LogP contribution in [0.3, 0.4) is 0 Å². The average molecular weight is 152 g/mol. The van der Waals surface area contributed by atoms with Crippen LogP contribution in [-0.2, 0) is 24.2 Å². The number of aromatic nitrogens is 2. The molecule has 60 valence electrons. The molecule has 3 heteroatoms. The van der Waals surface area contributed by atoms with Crippen LogP contribution in [0.15, 0.2) is 0 Å². The van der Waals surface area contributed by atoms with Gasteiger partial charge in [-0.25, -0.2) is 4.98 Å². The molecule has 11 heavy (non-hydrogen) atoms. The third-order valence-corrected chi connectivity index (χ3v) is 1.98. The maximum Gasteiger partial charge on any atom is 0.106 e. The van der Waals surface area contributed by atoms with Crippen molar-refractivity contribution in [1.82, 2.24) is 9.97 Å². The lowest BCUT2D eigenvalue weighted by molar-refractivity contribution is 0.107. The van der Waals surface area contributed by atoms with Crippen molar-refractivity contribution in [3.63, 3.8) is 0 Å². The van der Waals surface area contributed by atoms with E-state index in [-0.39, 0.29) is 0 Å². The number of H-pyrrole nitrogens is 1. The Morgan fingerprint density at radius 3 is 3.27 bits per heavy atom. The maximum atomic E-state index is 5.28. The van der Waals surface area contributed by atoms with Crippen LogP contribution in [-0.4, -0.2) is 16.6 Å². The number of aryl methyl sites for hydroxylation is 1. The van der Waals surface area contributed by atoms with Gasteiger partial charge in [0.05, 0.1) is 24.6 Å². The number of ether oxygens (including phenoxy) is 1. The number of imidazole rings is 1. The van der Waals surface area contributed by atoms with E-state index in [0.717, 1.165) is 25.3 Å². The van der Waals surface area contributed by atoms with Crippen molar-refractivity contribution in [1.29, 1.82) is 0 Å². The van der Waals surface area contributed by atoms with Gasteiger partial charge in [-0.1, -0.05) is 6.92 Å². The Morgan fingerprint density at radius 1 is 1.64 bits per heavy atom. The Hall–Kier alpha value is -0.830. The summed E-state index contributed by atoms with van der Waals surface area (Å²) in [6, 6.07) is 0. The second-order valence-electron chi connectivity index (χ2n) is 2.76. The normalized spacial score (nSPS) is 16.5. The molecule has 1 aliphatic rings. The molecule has 1 aromatic heterocycles. The summed E-state index contributed by atoms with van der Waals surface area (Å²) in [6.07, 6.45) is 1.94. The van der Waals surface area contributed by atoms with Gasteiger partial charge < -0.3 is 9.72 Å². The number of aromatic amines is 1. The minimum atomic E-state index is 0.711. The molecule has 0 amide bonds. The molecule has 1 N–H and O–H groups in total. The molecule has 0 atom stereocenters. The van der Waals surface area contributed by atoms with E-state index in [9.17, 15) is 0 Å². The lowest BCUT2D eigenvalue weighted by atomic mass is 10.2. The number of fused-ring (bicyclic) bond motifs is 1. The average Bonchev–Trinajstić information content (AvgIpc) is 2.46. The third-order valence-electron chi connectivity index (χ3n) is 1.98. The summed E-state index contributed by atoms with van der Waals surface area (Å²) >= 11 is 0. The van der Waals surface area contributed by atoms with E-state index < -0.39 is 0 Å². The van der Waals surface area contributed by atoms with Gasteiger partial charge in [-0.3, -0.25) is 0 Å². The van der Waals surface area contributed by atoms with Gasteiger partial charge in [-0.2, -0.15) is 0 Å². The molecule has 0 unspecified atom stereocenters. The summed E-state index contributed by atoms with van der Waals surface area (Å²) in [5.41, 5.74) is 2.38. The summed E-state index contributed by atoms with van der Waals surface area (Å²) in [4.78, 5) is 7.68. The van der Waals surface area contributed by atoms with Gasteiger partial charge in [-0.15, -0.1) is 0 Å². The molecule has 2 heterocycles. The molecule has 1 aliphatic heterocycles. The number of hydrogen-bond acceptors (Lipinski definition) is 2. The Labute approximate surface area is 65.8 Å². The van der Waals surface area contributed by atoms with E-state index in [0.29, 0.717) is 6.61 Å². The number of rotatable bonds is 1. The SMILES string of the molecule is CCc1nc2c([nH]1)COCC2. The van der Waals surface area contributed by atoms with Gasteiger partial charge in [-0.05, 0) is 0 Å². The van der Waals surface area contributed by atoms with Crippen LogP contribution in [0.25, 0.3) is 0 Å². The van der Waals surface area contributed by atoms with Crippen molar-refractivity contribution >= 4 is 0 Å². The molecule has 3 nitrogen and oxygen atoms in total.